The Morgan fingerprint density at radius 2 is 1.86 bits per heavy atom. The van der Waals surface area contributed by atoms with Crippen LogP contribution in [-0.4, -0.2) is 26.7 Å². The molecule has 3 rings (SSSR count). The number of thioether (sulfide) groups is 1. The van der Waals surface area contributed by atoms with Crippen molar-refractivity contribution in [1.82, 2.24) is 5.32 Å². The highest BCUT2D eigenvalue weighted by Crippen LogP contribution is 2.29. The Hall–Kier alpha value is -2.44. The average molecular weight is 414 g/mol. The summed E-state index contributed by atoms with van der Waals surface area (Å²) in [5, 5.41) is 5.10. The molecule has 0 fully saturated rings. The quantitative estimate of drug-likeness (QED) is 0.500. The van der Waals surface area contributed by atoms with Gasteiger partial charge in [-0.15, -0.1) is 23.1 Å². The van der Waals surface area contributed by atoms with Crippen molar-refractivity contribution in [3.63, 3.8) is 0 Å². The highest BCUT2D eigenvalue weighted by Gasteiger charge is 2.12. The number of nitrogens with one attached hydrogen (secondary N) is 1. The molecule has 0 aliphatic rings. The van der Waals surface area contributed by atoms with Crippen LogP contribution in [0.25, 0.3) is 0 Å². The summed E-state index contributed by atoms with van der Waals surface area (Å²) in [6.07, 6.45) is 0.719. The van der Waals surface area contributed by atoms with Gasteiger partial charge in [-0.1, -0.05) is 24.3 Å². The molecule has 6 heteroatoms. The van der Waals surface area contributed by atoms with E-state index in [4.69, 9.17) is 9.47 Å². The fourth-order valence-corrected chi connectivity index (χ4v) is 4.60. The van der Waals surface area contributed by atoms with Gasteiger partial charge < -0.3 is 14.8 Å². The molecule has 0 aliphatic carbocycles. The van der Waals surface area contributed by atoms with E-state index in [2.05, 4.69) is 16.8 Å². The Morgan fingerprint density at radius 3 is 2.61 bits per heavy atom. The second-order valence-electron chi connectivity index (χ2n) is 6.06. The van der Waals surface area contributed by atoms with Gasteiger partial charge in [0.1, 0.15) is 0 Å². The molecule has 0 unspecified atom stereocenters. The van der Waals surface area contributed by atoms with E-state index < -0.39 is 0 Å². The number of hydrogen-bond acceptors (Lipinski definition) is 5. The molecule has 1 amide bonds. The Labute approximate surface area is 173 Å². The predicted octanol–water partition coefficient (Wildman–Crippen LogP) is 5.03. The van der Waals surface area contributed by atoms with Gasteiger partial charge in [-0.2, -0.15) is 0 Å². The summed E-state index contributed by atoms with van der Waals surface area (Å²) in [7, 11) is 3.24. The maximum atomic E-state index is 12.7. The highest BCUT2D eigenvalue weighted by molar-refractivity contribution is 7.98. The summed E-state index contributed by atoms with van der Waals surface area (Å²) < 4.78 is 10.6. The van der Waals surface area contributed by atoms with Gasteiger partial charge in [-0.05, 0) is 47.7 Å². The maximum absolute atomic E-state index is 12.7. The lowest BCUT2D eigenvalue weighted by molar-refractivity contribution is 0.0951. The molecular weight excluding hydrogens is 390 g/mol. The van der Waals surface area contributed by atoms with Crippen LogP contribution in [0.2, 0.25) is 0 Å². The van der Waals surface area contributed by atoms with Crippen LogP contribution in [0.4, 0.5) is 0 Å². The number of thiophene rings is 1. The van der Waals surface area contributed by atoms with Gasteiger partial charge >= 0.3 is 0 Å². The first-order valence-corrected chi connectivity index (χ1v) is 10.8. The number of carbonyl (C=O) groups excluding carboxylic acids is 1. The van der Waals surface area contributed by atoms with Gasteiger partial charge in [-0.25, -0.2) is 0 Å². The van der Waals surface area contributed by atoms with Crippen LogP contribution in [0.3, 0.4) is 0 Å². The number of ether oxygens (including phenoxy) is 2. The normalized spacial score (nSPS) is 10.5. The maximum Gasteiger partial charge on any atom is 0.252 e. The lowest BCUT2D eigenvalue weighted by atomic mass is 10.1. The minimum absolute atomic E-state index is 0.0465. The molecule has 0 saturated heterocycles. The summed E-state index contributed by atoms with van der Waals surface area (Å²) >= 11 is 3.42. The van der Waals surface area contributed by atoms with Gasteiger partial charge in [0.15, 0.2) is 11.5 Å². The van der Waals surface area contributed by atoms with Crippen LogP contribution in [0, 0.1) is 0 Å². The highest BCUT2D eigenvalue weighted by atomic mass is 32.2. The Bertz CT molecular complexity index is 910. The zero-order valence-corrected chi connectivity index (χ0v) is 17.6. The number of carbonyl (C=O) groups is 1. The van der Waals surface area contributed by atoms with E-state index in [1.54, 1.807) is 37.3 Å². The number of methoxy groups -OCH3 is 2. The summed E-state index contributed by atoms with van der Waals surface area (Å²) in [4.78, 5) is 15.0. The third-order valence-corrected chi connectivity index (χ3v) is 6.41. The molecule has 146 valence electrons. The van der Waals surface area contributed by atoms with Crippen LogP contribution >= 0.6 is 23.1 Å². The first-order valence-electron chi connectivity index (χ1n) is 8.94. The van der Waals surface area contributed by atoms with Gasteiger partial charge in [0.2, 0.25) is 0 Å². The molecule has 4 nitrogen and oxygen atoms in total. The minimum Gasteiger partial charge on any atom is -0.493 e. The van der Waals surface area contributed by atoms with Crippen LogP contribution in [0.1, 0.15) is 20.8 Å². The number of rotatable bonds is 9. The fraction of sp³-hybridized carbons (Fsp3) is 0.227. The van der Waals surface area contributed by atoms with Crippen LogP contribution in [0.5, 0.6) is 11.5 Å². The van der Waals surface area contributed by atoms with Gasteiger partial charge in [-0.3, -0.25) is 4.79 Å². The second kappa shape index (κ2) is 10.2. The molecular formula is C22H23NO3S2. The van der Waals surface area contributed by atoms with Crippen LogP contribution in [-0.2, 0) is 12.2 Å². The van der Waals surface area contributed by atoms with Gasteiger partial charge in [0.25, 0.3) is 5.91 Å². The monoisotopic (exact) mass is 413 g/mol. The summed E-state index contributed by atoms with van der Waals surface area (Å²) in [6, 6.07) is 17.7. The average Bonchev–Trinajstić information content (AvgIpc) is 3.26. The van der Waals surface area contributed by atoms with E-state index >= 15 is 0 Å². The Balaban J connectivity index is 1.58. The molecule has 0 saturated carbocycles. The molecule has 0 radical (unpaired) electrons. The molecule has 3 aromatic rings. The number of hydrogen-bond donors (Lipinski definition) is 1. The van der Waals surface area contributed by atoms with Crippen molar-refractivity contribution in [3.05, 3.63) is 76.0 Å². The van der Waals surface area contributed by atoms with Crippen molar-refractivity contribution in [2.45, 2.75) is 17.1 Å². The lowest BCUT2D eigenvalue weighted by Crippen LogP contribution is -2.26. The molecule has 2 aromatic carbocycles. The van der Waals surface area contributed by atoms with E-state index in [0.29, 0.717) is 18.0 Å². The van der Waals surface area contributed by atoms with Crippen molar-refractivity contribution >= 4 is 29.0 Å². The van der Waals surface area contributed by atoms with Crippen molar-refractivity contribution < 1.29 is 14.3 Å². The van der Waals surface area contributed by atoms with Crippen LogP contribution in [0.15, 0.2) is 64.9 Å². The van der Waals surface area contributed by atoms with E-state index in [1.165, 1.54) is 4.88 Å². The fourth-order valence-electron chi connectivity index (χ4n) is 2.78. The van der Waals surface area contributed by atoms with Crippen molar-refractivity contribution in [2.24, 2.45) is 0 Å². The Morgan fingerprint density at radius 1 is 1.04 bits per heavy atom. The van der Waals surface area contributed by atoms with Gasteiger partial charge in [0.05, 0.1) is 19.8 Å². The molecule has 1 N–H and O–H groups in total. The molecule has 1 aromatic heterocycles. The number of amides is 1. The largest absolute Gasteiger partial charge is 0.493 e. The van der Waals surface area contributed by atoms with Gasteiger partial charge in [0, 0.05) is 22.1 Å². The lowest BCUT2D eigenvalue weighted by Gasteiger charge is -2.11. The minimum atomic E-state index is -0.0465. The molecule has 0 spiro atoms. The zero-order chi connectivity index (χ0) is 19.8. The SMILES string of the molecule is COc1ccc(CCNC(=O)c2ccccc2SCc2cccs2)cc1OC. The molecule has 0 aliphatic heterocycles. The van der Waals surface area contributed by atoms with Crippen LogP contribution < -0.4 is 14.8 Å². The van der Waals surface area contributed by atoms with Crippen molar-refractivity contribution in [1.29, 1.82) is 0 Å². The van der Waals surface area contributed by atoms with E-state index in [-0.39, 0.29) is 5.91 Å². The van der Waals surface area contributed by atoms with E-state index in [0.717, 1.165) is 28.2 Å². The standard InChI is InChI=1S/C22H23NO3S2/c1-25-19-10-9-16(14-20(19)26-2)11-12-23-22(24)18-7-3-4-8-21(18)28-15-17-6-5-13-27-17/h3-10,13-14H,11-12,15H2,1-2H3,(H,23,24). The first-order chi connectivity index (χ1) is 13.7. The molecule has 1 heterocycles. The zero-order valence-electron chi connectivity index (χ0n) is 15.9. The predicted molar refractivity (Wildman–Crippen MR) is 116 cm³/mol. The first kappa shape index (κ1) is 20.3. The van der Waals surface area contributed by atoms with E-state index in [9.17, 15) is 4.79 Å². The van der Waals surface area contributed by atoms with Crippen molar-refractivity contribution in [2.75, 3.05) is 20.8 Å². The molecule has 0 atom stereocenters. The smallest absolute Gasteiger partial charge is 0.252 e. The third kappa shape index (κ3) is 5.30. The number of benzene rings is 2. The summed E-state index contributed by atoms with van der Waals surface area (Å²) in [5.41, 5.74) is 1.80. The summed E-state index contributed by atoms with van der Waals surface area (Å²) in [6.45, 7) is 0.554. The topological polar surface area (TPSA) is 47.6 Å². The molecule has 28 heavy (non-hydrogen) atoms. The molecule has 0 bridgehead atoms. The third-order valence-electron chi connectivity index (χ3n) is 4.23. The second-order valence-corrected chi connectivity index (χ2v) is 8.11. The summed E-state index contributed by atoms with van der Waals surface area (Å²) in [5.74, 6) is 2.22. The Kier molecular flexibility index (Phi) is 7.39. The van der Waals surface area contributed by atoms with E-state index in [1.807, 2.05) is 48.5 Å². The van der Waals surface area contributed by atoms with Crippen molar-refractivity contribution in [3.8, 4) is 11.5 Å².